The standard InChI is InChI=1S/C14H22N2OS/c1-4-10(2)8-18-9-11-5-6-13(17-3)12(7-11)14(15)16/h5-7,10H,4,8-9H2,1-3H3,(H3,15,16). The van der Waals surface area contributed by atoms with Crippen molar-refractivity contribution in [2.24, 2.45) is 11.7 Å². The number of hydrogen-bond donors (Lipinski definition) is 2. The fourth-order valence-electron chi connectivity index (χ4n) is 1.55. The molecule has 0 aliphatic heterocycles. The van der Waals surface area contributed by atoms with E-state index in [0.717, 1.165) is 17.4 Å². The van der Waals surface area contributed by atoms with Crippen molar-refractivity contribution in [1.29, 1.82) is 5.41 Å². The molecule has 0 saturated heterocycles. The van der Waals surface area contributed by atoms with Gasteiger partial charge in [-0.3, -0.25) is 5.41 Å². The van der Waals surface area contributed by atoms with Crippen molar-refractivity contribution in [1.82, 2.24) is 0 Å². The van der Waals surface area contributed by atoms with Crippen molar-refractivity contribution in [3.05, 3.63) is 29.3 Å². The molecule has 0 radical (unpaired) electrons. The first-order valence-corrected chi connectivity index (χ1v) is 7.33. The maximum Gasteiger partial charge on any atom is 0.129 e. The van der Waals surface area contributed by atoms with Gasteiger partial charge in [0.25, 0.3) is 0 Å². The van der Waals surface area contributed by atoms with Gasteiger partial charge in [0.05, 0.1) is 12.7 Å². The van der Waals surface area contributed by atoms with Crippen molar-refractivity contribution >= 4 is 17.6 Å². The lowest BCUT2D eigenvalue weighted by Crippen LogP contribution is -2.13. The molecule has 3 N–H and O–H groups in total. The van der Waals surface area contributed by atoms with Crippen molar-refractivity contribution in [3.63, 3.8) is 0 Å². The minimum Gasteiger partial charge on any atom is -0.496 e. The fourth-order valence-corrected chi connectivity index (χ4v) is 2.72. The molecule has 3 nitrogen and oxygen atoms in total. The number of nitrogen functional groups attached to an aromatic ring is 1. The predicted octanol–water partition coefficient (Wildman–Crippen LogP) is 3.26. The van der Waals surface area contributed by atoms with E-state index in [1.54, 1.807) is 7.11 Å². The van der Waals surface area contributed by atoms with E-state index in [0.29, 0.717) is 11.3 Å². The average molecular weight is 266 g/mol. The smallest absolute Gasteiger partial charge is 0.129 e. The van der Waals surface area contributed by atoms with Gasteiger partial charge >= 0.3 is 0 Å². The van der Waals surface area contributed by atoms with Gasteiger partial charge in [-0.1, -0.05) is 26.3 Å². The second kappa shape index (κ2) is 7.31. The Kier molecular flexibility index (Phi) is 6.05. The highest BCUT2D eigenvalue weighted by molar-refractivity contribution is 7.98. The maximum atomic E-state index is 7.54. The predicted molar refractivity (Wildman–Crippen MR) is 79.6 cm³/mol. The summed E-state index contributed by atoms with van der Waals surface area (Å²) in [5.41, 5.74) is 7.42. The summed E-state index contributed by atoms with van der Waals surface area (Å²) in [6.07, 6.45) is 1.22. The van der Waals surface area contributed by atoms with Gasteiger partial charge in [0.15, 0.2) is 0 Å². The highest BCUT2D eigenvalue weighted by Crippen LogP contribution is 2.23. The van der Waals surface area contributed by atoms with Gasteiger partial charge in [-0.2, -0.15) is 11.8 Å². The molecule has 1 unspecified atom stereocenters. The SMILES string of the molecule is CCC(C)CSCc1ccc(OC)c(C(=N)N)c1. The van der Waals surface area contributed by atoms with Crippen molar-refractivity contribution in [3.8, 4) is 5.75 Å². The summed E-state index contributed by atoms with van der Waals surface area (Å²) in [6, 6.07) is 5.87. The number of amidine groups is 1. The Morgan fingerprint density at radius 2 is 2.22 bits per heavy atom. The third kappa shape index (κ3) is 4.26. The van der Waals surface area contributed by atoms with E-state index in [1.165, 1.54) is 12.0 Å². The maximum absolute atomic E-state index is 7.54. The molecule has 100 valence electrons. The summed E-state index contributed by atoms with van der Waals surface area (Å²) in [5.74, 6) is 3.59. The van der Waals surface area contributed by atoms with Gasteiger partial charge in [-0.05, 0) is 29.4 Å². The van der Waals surface area contributed by atoms with Crippen LogP contribution in [0.1, 0.15) is 31.4 Å². The molecule has 0 fully saturated rings. The van der Waals surface area contributed by atoms with Gasteiger partial charge in [0.2, 0.25) is 0 Å². The first-order valence-electron chi connectivity index (χ1n) is 6.17. The molecule has 0 spiro atoms. The van der Waals surface area contributed by atoms with E-state index >= 15 is 0 Å². The molecule has 1 aromatic rings. The summed E-state index contributed by atoms with van der Waals surface area (Å²) in [4.78, 5) is 0. The number of rotatable bonds is 7. The van der Waals surface area contributed by atoms with Gasteiger partial charge < -0.3 is 10.5 Å². The van der Waals surface area contributed by atoms with E-state index in [9.17, 15) is 0 Å². The summed E-state index contributed by atoms with van der Waals surface area (Å²) in [5, 5.41) is 7.54. The minimum absolute atomic E-state index is 0.0561. The van der Waals surface area contributed by atoms with Gasteiger partial charge in [0, 0.05) is 5.75 Å². The Balaban J connectivity index is 2.67. The largest absolute Gasteiger partial charge is 0.496 e. The van der Waals surface area contributed by atoms with Crippen molar-refractivity contribution in [2.75, 3.05) is 12.9 Å². The van der Waals surface area contributed by atoms with Crippen LogP contribution in [0, 0.1) is 11.3 Å². The lowest BCUT2D eigenvalue weighted by Gasteiger charge is -2.11. The van der Waals surface area contributed by atoms with Crippen LogP contribution in [-0.4, -0.2) is 18.7 Å². The van der Waals surface area contributed by atoms with E-state index in [2.05, 4.69) is 13.8 Å². The Morgan fingerprint density at radius 1 is 1.50 bits per heavy atom. The molecule has 18 heavy (non-hydrogen) atoms. The molecular weight excluding hydrogens is 244 g/mol. The monoisotopic (exact) mass is 266 g/mol. The third-order valence-electron chi connectivity index (χ3n) is 2.92. The van der Waals surface area contributed by atoms with Gasteiger partial charge in [-0.25, -0.2) is 0 Å². The lowest BCUT2D eigenvalue weighted by molar-refractivity contribution is 0.413. The number of nitrogens with one attached hydrogen (secondary N) is 1. The van der Waals surface area contributed by atoms with E-state index in [-0.39, 0.29) is 5.84 Å². The Bertz CT molecular complexity index is 407. The quantitative estimate of drug-likeness (QED) is 0.588. The minimum atomic E-state index is 0.0561. The van der Waals surface area contributed by atoms with Crippen LogP contribution < -0.4 is 10.5 Å². The van der Waals surface area contributed by atoms with Crippen LogP contribution >= 0.6 is 11.8 Å². The number of thioether (sulfide) groups is 1. The zero-order chi connectivity index (χ0) is 13.5. The number of nitrogens with two attached hydrogens (primary N) is 1. The number of methoxy groups -OCH3 is 1. The first-order chi connectivity index (χ1) is 8.58. The average Bonchev–Trinajstić information content (AvgIpc) is 2.38. The normalized spacial score (nSPS) is 12.2. The van der Waals surface area contributed by atoms with Crippen LogP contribution in [0.5, 0.6) is 5.75 Å². The molecule has 1 rings (SSSR count). The molecule has 0 heterocycles. The molecule has 0 amide bonds. The highest BCUT2D eigenvalue weighted by Gasteiger charge is 2.07. The second-order valence-corrected chi connectivity index (χ2v) is 5.51. The van der Waals surface area contributed by atoms with Crippen LogP contribution in [0.3, 0.4) is 0 Å². The molecule has 4 heteroatoms. The second-order valence-electron chi connectivity index (χ2n) is 4.48. The number of benzene rings is 1. The highest BCUT2D eigenvalue weighted by atomic mass is 32.2. The van der Waals surface area contributed by atoms with Crippen molar-refractivity contribution < 1.29 is 4.74 Å². The molecule has 0 aromatic heterocycles. The molecular formula is C14H22N2OS. The summed E-state index contributed by atoms with van der Waals surface area (Å²) in [6.45, 7) is 4.48. The van der Waals surface area contributed by atoms with Crippen LogP contribution in [0.25, 0.3) is 0 Å². The fraction of sp³-hybridized carbons (Fsp3) is 0.500. The van der Waals surface area contributed by atoms with Crippen molar-refractivity contribution in [2.45, 2.75) is 26.0 Å². The molecule has 1 atom stereocenters. The lowest BCUT2D eigenvalue weighted by atomic mass is 10.1. The van der Waals surface area contributed by atoms with E-state index in [4.69, 9.17) is 15.9 Å². The summed E-state index contributed by atoms with van der Waals surface area (Å²) >= 11 is 1.92. The molecule has 0 aliphatic carbocycles. The van der Waals surface area contributed by atoms with Crippen LogP contribution in [0.2, 0.25) is 0 Å². The summed E-state index contributed by atoms with van der Waals surface area (Å²) in [7, 11) is 1.60. The molecule has 0 bridgehead atoms. The topological polar surface area (TPSA) is 59.1 Å². The molecule has 0 aliphatic rings. The van der Waals surface area contributed by atoms with Crippen LogP contribution in [0.4, 0.5) is 0 Å². The van der Waals surface area contributed by atoms with E-state index < -0.39 is 0 Å². The zero-order valence-corrected chi connectivity index (χ0v) is 12.1. The van der Waals surface area contributed by atoms with Gasteiger partial charge in [-0.15, -0.1) is 0 Å². The first kappa shape index (κ1) is 14.9. The summed E-state index contributed by atoms with van der Waals surface area (Å²) < 4.78 is 5.19. The number of ether oxygens (including phenoxy) is 1. The third-order valence-corrected chi connectivity index (χ3v) is 4.26. The van der Waals surface area contributed by atoms with Crippen LogP contribution in [-0.2, 0) is 5.75 Å². The molecule has 0 saturated carbocycles. The Labute approximate surface area is 114 Å². The van der Waals surface area contributed by atoms with E-state index in [1.807, 2.05) is 30.0 Å². The van der Waals surface area contributed by atoms with Gasteiger partial charge in [0.1, 0.15) is 11.6 Å². The zero-order valence-electron chi connectivity index (χ0n) is 11.3. The Morgan fingerprint density at radius 3 is 2.78 bits per heavy atom. The Hall–Kier alpha value is -1.16. The van der Waals surface area contributed by atoms with Crippen LogP contribution in [0.15, 0.2) is 18.2 Å². The molecule has 1 aromatic carbocycles. The number of hydrogen-bond acceptors (Lipinski definition) is 3.